The lowest BCUT2D eigenvalue weighted by atomic mass is 10.1. The Kier molecular flexibility index (Phi) is 3.33. The first-order chi connectivity index (χ1) is 7.05. The van der Waals surface area contributed by atoms with Crippen LogP contribution in [0.4, 0.5) is 0 Å². The predicted octanol–water partition coefficient (Wildman–Crippen LogP) is 0.0330. The highest BCUT2D eigenvalue weighted by Crippen LogP contribution is 2.20. The van der Waals surface area contributed by atoms with Gasteiger partial charge in [0.1, 0.15) is 9.84 Å². The molecule has 1 aliphatic carbocycles. The van der Waals surface area contributed by atoms with Gasteiger partial charge in [-0.2, -0.15) is 0 Å². The van der Waals surface area contributed by atoms with Crippen molar-refractivity contribution in [1.82, 2.24) is 5.32 Å². The summed E-state index contributed by atoms with van der Waals surface area (Å²) in [5, 5.41) is 3.54. The third-order valence-electron chi connectivity index (χ3n) is 3.50. The Labute approximate surface area is 91.5 Å². The molecular weight excluding hydrogens is 212 g/mol. The number of rotatable bonds is 2. The van der Waals surface area contributed by atoms with Gasteiger partial charge in [0, 0.05) is 18.1 Å². The lowest BCUT2D eigenvalue weighted by molar-refractivity contribution is 0.399. The molecule has 2 aliphatic rings. The minimum absolute atomic E-state index is 0.342. The maximum atomic E-state index is 11.2. The molecule has 2 rings (SSSR count). The number of hydrogen-bond donors (Lipinski definition) is 2. The maximum absolute atomic E-state index is 11.2. The molecule has 4 nitrogen and oxygen atoms in total. The molecular formula is C10H20N2O2S. The number of nitrogens with one attached hydrogen (secondary N) is 1. The SMILES string of the molecule is NC1CCC(NC2CCS(=O)(=O)CC2)C1. The molecule has 0 aromatic heterocycles. The summed E-state index contributed by atoms with van der Waals surface area (Å²) in [6.07, 6.45) is 4.83. The van der Waals surface area contributed by atoms with Crippen molar-refractivity contribution in [2.45, 2.75) is 50.2 Å². The molecule has 0 aromatic carbocycles. The van der Waals surface area contributed by atoms with Crippen molar-refractivity contribution in [2.75, 3.05) is 11.5 Å². The van der Waals surface area contributed by atoms with Crippen LogP contribution in [0.15, 0.2) is 0 Å². The Morgan fingerprint density at radius 2 is 1.67 bits per heavy atom. The van der Waals surface area contributed by atoms with Gasteiger partial charge in [0.15, 0.2) is 0 Å². The van der Waals surface area contributed by atoms with Gasteiger partial charge in [0.25, 0.3) is 0 Å². The second-order valence-electron chi connectivity index (χ2n) is 4.86. The van der Waals surface area contributed by atoms with E-state index in [1.165, 1.54) is 0 Å². The average Bonchev–Trinajstić information content (AvgIpc) is 2.55. The predicted molar refractivity (Wildman–Crippen MR) is 60.4 cm³/mol. The van der Waals surface area contributed by atoms with E-state index in [1.807, 2.05) is 0 Å². The highest BCUT2D eigenvalue weighted by atomic mass is 32.2. The standard InChI is InChI=1S/C10H20N2O2S/c11-8-1-2-10(7-8)12-9-3-5-15(13,14)6-4-9/h8-10,12H,1-7,11H2. The van der Waals surface area contributed by atoms with Crippen LogP contribution >= 0.6 is 0 Å². The van der Waals surface area contributed by atoms with Crippen LogP contribution < -0.4 is 11.1 Å². The van der Waals surface area contributed by atoms with Crippen molar-refractivity contribution in [3.8, 4) is 0 Å². The molecule has 88 valence electrons. The third-order valence-corrected chi connectivity index (χ3v) is 5.21. The Balaban J connectivity index is 1.77. The topological polar surface area (TPSA) is 72.2 Å². The van der Waals surface area contributed by atoms with Crippen molar-refractivity contribution < 1.29 is 8.42 Å². The van der Waals surface area contributed by atoms with Crippen molar-refractivity contribution in [3.63, 3.8) is 0 Å². The molecule has 1 heterocycles. The summed E-state index contributed by atoms with van der Waals surface area (Å²) in [4.78, 5) is 0. The summed E-state index contributed by atoms with van der Waals surface area (Å²) < 4.78 is 22.5. The lowest BCUT2D eigenvalue weighted by Crippen LogP contribution is -2.42. The first-order valence-corrected chi connectivity index (χ1v) is 7.59. The summed E-state index contributed by atoms with van der Waals surface area (Å²) in [5.41, 5.74) is 5.84. The summed E-state index contributed by atoms with van der Waals surface area (Å²) in [6.45, 7) is 0. The number of hydrogen-bond acceptors (Lipinski definition) is 4. The summed E-state index contributed by atoms with van der Waals surface area (Å²) >= 11 is 0. The van der Waals surface area contributed by atoms with Gasteiger partial charge in [0.2, 0.25) is 0 Å². The van der Waals surface area contributed by atoms with Crippen LogP contribution in [0.2, 0.25) is 0 Å². The molecule has 1 saturated heterocycles. The van der Waals surface area contributed by atoms with E-state index in [0.29, 0.717) is 29.6 Å². The molecule has 15 heavy (non-hydrogen) atoms. The molecule has 0 amide bonds. The van der Waals surface area contributed by atoms with Gasteiger partial charge in [-0.1, -0.05) is 0 Å². The Hall–Kier alpha value is -0.130. The van der Waals surface area contributed by atoms with E-state index in [1.54, 1.807) is 0 Å². The van der Waals surface area contributed by atoms with Crippen molar-refractivity contribution in [2.24, 2.45) is 5.73 Å². The molecule has 2 unspecified atom stereocenters. The van der Waals surface area contributed by atoms with Gasteiger partial charge in [0.05, 0.1) is 11.5 Å². The van der Waals surface area contributed by atoms with Gasteiger partial charge < -0.3 is 11.1 Å². The van der Waals surface area contributed by atoms with E-state index >= 15 is 0 Å². The zero-order valence-electron chi connectivity index (χ0n) is 8.98. The molecule has 0 bridgehead atoms. The molecule has 2 atom stereocenters. The van der Waals surface area contributed by atoms with Crippen LogP contribution in [-0.4, -0.2) is 38.0 Å². The van der Waals surface area contributed by atoms with Crippen LogP contribution in [-0.2, 0) is 9.84 Å². The first kappa shape index (κ1) is 11.4. The minimum Gasteiger partial charge on any atom is -0.328 e. The zero-order chi connectivity index (χ0) is 10.9. The van der Waals surface area contributed by atoms with E-state index < -0.39 is 9.84 Å². The van der Waals surface area contributed by atoms with Gasteiger partial charge in [-0.05, 0) is 32.1 Å². The lowest BCUT2D eigenvalue weighted by Gasteiger charge is -2.26. The largest absolute Gasteiger partial charge is 0.328 e. The Bertz CT molecular complexity index is 301. The second kappa shape index (κ2) is 4.39. The fourth-order valence-electron chi connectivity index (χ4n) is 2.56. The zero-order valence-corrected chi connectivity index (χ0v) is 9.80. The molecule has 1 saturated carbocycles. The van der Waals surface area contributed by atoms with Gasteiger partial charge in [-0.3, -0.25) is 0 Å². The molecule has 0 spiro atoms. The van der Waals surface area contributed by atoms with Crippen molar-refractivity contribution in [1.29, 1.82) is 0 Å². The Morgan fingerprint density at radius 1 is 1.00 bits per heavy atom. The Morgan fingerprint density at radius 3 is 2.20 bits per heavy atom. The summed E-state index contributed by atoms with van der Waals surface area (Å²) in [5.74, 6) is 0.701. The maximum Gasteiger partial charge on any atom is 0.150 e. The highest BCUT2D eigenvalue weighted by Gasteiger charge is 2.28. The fourth-order valence-corrected chi connectivity index (χ4v) is 4.05. The van der Waals surface area contributed by atoms with Gasteiger partial charge >= 0.3 is 0 Å². The molecule has 0 aromatic rings. The van der Waals surface area contributed by atoms with E-state index in [2.05, 4.69) is 5.32 Å². The molecule has 1 aliphatic heterocycles. The quantitative estimate of drug-likeness (QED) is 0.705. The van der Waals surface area contributed by atoms with Crippen LogP contribution in [0.5, 0.6) is 0 Å². The van der Waals surface area contributed by atoms with Crippen molar-refractivity contribution in [3.05, 3.63) is 0 Å². The van der Waals surface area contributed by atoms with Crippen LogP contribution in [0, 0.1) is 0 Å². The monoisotopic (exact) mass is 232 g/mol. The van der Waals surface area contributed by atoms with E-state index in [9.17, 15) is 8.42 Å². The van der Waals surface area contributed by atoms with Gasteiger partial charge in [-0.25, -0.2) is 8.42 Å². The van der Waals surface area contributed by atoms with E-state index in [4.69, 9.17) is 5.73 Å². The summed E-state index contributed by atoms with van der Waals surface area (Å²) in [7, 11) is -2.72. The highest BCUT2D eigenvalue weighted by molar-refractivity contribution is 7.91. The molecule has 0 radical (unpaired) electrons. The van der Waals surface area contributed by atoms with Crippen LogP contribution in [0.25, 0.3) is 0 Å². The molecule has 2 fully saturated rings. The normalized spacial score (nSPS) is 36.9. The number of nitrogens with two attached hydrogens (primary N) is 1. The number of sulfone groups is 1. The third kappa shape index (κ3) is 3.16. The van der Waals surface area contributed by atoms with E-state index in [-0.39, 0.29) is 0 Å². The second-order valence-corrected chi connectivity index (χ2v) is 7.17. The summed E-state index contributed by atoms with van der Waals surface area (Å²) in [6, 6.07) is 1.25. The minimum atomic E-state index is -2.72. The van der Waals surface area contributed by atoms with Crippen LogP contribution in [0.1, 0.15) is 32.1 Å². The molecule has 5 heteroatoms. The smallest absolute Gasteiger partial charge is 0.150 e. The first-order valence-electron chi connectivity index (χ1n) is 5.77. The average molecular weight is 232 g/mol. The van der Waals surface area contributed by atoms with Gasteiger partial charge in [-0.15, -0.1) is 0 Å². The molecule has 3 N–H and O–H groups in total. The van der Waals surface area contributed by atoms with Crippen molar-refractivity contribution >= 4 is 9.84 Å². The van der Waals surface area contributed by atoms with Crippen LogP contribution in [0.3, 0.4) is 0 Å². The van der Waals surface area contributed by atoms with E-state index in [0.717, 1.165) is 32.1 Å². The fraction of sp³-hybridized carbons (Fsp3) is 1.00.